The molecule has 0 spiro atoms. The quantitative estimate of drug-likeness (QED) is 0.442. The van der Waals surface area contributed by atoms with Crippen LogP contribution in [0.4, 0.5) is 11.6 Å². The van der Waals surface area contributed by atoms with Crippen molar-refractivity contribution in [1.29, 1.82) is 0 Å². The highest BCUT2D eigenvalue weighted by Gasteiger charge is 2.23. The lowest BCUT2D eigenvalue weighted by Crippen LogP contribution is -2.04. The predicted molar refractivity (Wildman–Crippen MR) is 88.4 cm³/mol. The first-order chi connectivity index (χ1) is 11.7. The predicted octanol–water partition coefficient (Wildman–Crippen LogP) is 2.50. The molecule has 120 valence electrons. The lowest BCUT2D eigenvalue weighted by Gasteiger charge is -2.05. The number of hydrogen-bond acceptors (Lipinski definition) is 7. The van der Waals surface area contributed by atoms with Crippen LogP contribution >= 0.6 is 11.3 Å². The van der Waals surface area contributed by atoms with Gasteiger partial charge < -0.3 is 15.4 Å². The van der Waals surface area contributed by atoms with Crippen LogP contribution in [0.15, 0.2) is 48.4 Å². The molecule has 0 saturated heterocycles. The molecule has 4 rings (SSSR count). The Bertz CT molecular complexity index is 988. The highest BCUT2D eigenvalue weighted by atomic mass is 32.1. The van der Waals surface area contributed by atoms with Gasteiger partial charge in [0.1, 0.15) is 6.20 Å². The van der Waals surface area contributed by atoms with Crippen LogP contribution in [0, 0.1) is 10.1 Å². The van der Waals surface area contributed by atoms with Crippen LogP contribution in [0.25, 0.3) is 10.8 Å². The fraction of sp³-hybridized carbons (Fsp3) is 0.0714. The molecule has 10 heteroatoms. The van der Waals surface area contributed by atoms with E-state index in [1.54, 1.807) is 34.8 Å². The second-order valence-corrected chi connectivity index (χ2v) is 5.80. The number of nitrogens with zero attached hydrogens (tertiary/aromatic N) is 6. The fourth-order valence-corrected chi connectivity index (χ4v) is 3.02. The van der Waals surface area contributed by atoms with Crippen LogP contribution in [0.3, 0.4) is 0 Å². The maximum absolute atomic E-state index is 11.3. The summed E-state index contributed by atoms with van der Waals surface area (Å²) in [5.41, 5.74) is 0.886. The summed E-state index contributed by atoms with van der Waals surface area (Å²) in [6, 6.07) is 5.55. The monoisotopic (exact) mass is 341 g/mol. The molecule has 0 bridgehead atoms. The average Bonchev–Trinajstić information content (AvgIpc) is 3.29. The third kappa shape index (κ3) is 2.48. The van der Waals surface area contributed by atoms with Gasteiger partial charge in [0.05, 0.1) is 0 Å². The summed E-state index contributed by atoms with van der Waals surface area (Å²) in [4.78, 5) is 20.0. The number of thiazole rings is 1. The standard InChI is InChI=1S/C14H11N7O2S/c22-21(23)13-12(18-14-19(13)6-7-24-14)16-9-10-2-3-11(15-8-10)20-5-1-4-17-20/h1-8,16H,9H2. The van der Waals surface area contributed by atoms with Crippen molar-refractivity contribution < 1.29 is 4.92 Å². The largest absolute Gasteiger partial charge is 0.372 e. The molecule has 0 aromatic carbocycles. The minimum absolute atomic E-state index is 0.0626. The molecule has 0 saturated carbocycles. The Balaban J connectivity index is 1.54. The molecule has 0 radical (unpaired) electrons. The molecule has 4 aromatic rings. The topological polar surface area (TPSA) is 103 Å². The fourth-order valence-electron chi connectivity index (χ4n) is 2.31. The van der Waals surface area contributed by atoms with Gasteiger partial charge in [-0.25, -0.2) is 9.67 Å². The zero-order chi connectivity index (χ0) is 16.5. The van der Waals surface area contributed by atoms with Gasteiger partial charge in [-0.15, -0.1) is 0 Å². The Kier molecular flexibility index (Phi) is 3.43. The Morgan fingerprint density at radius 2 is 2.25 bits per heavy atom. The summed E-state index contributed by atoms with van der Waals surface area (Å²) >= 11 is 1.35. The van der Waals surface area contributed by atoms with Gasteiger partial charge in [0.25, 0.3) is 4.96 Å². The number of rotatable bonds is 5. The second kappa shape index (κ2) is 5.74. The molecule has 24 heavy (non-hydrogen) atoms. The van der Waals surface area contributed by atoms with Gasteiger partial charge in [0, 0.05) is 30.5 Å². The van der Waals surface area contributed by atoms with E-state index in [9.17, 15) is 10.1 Å². The zero-order valence-corrected chi connectivity index (χ0v) is 13.1. The van der Waals surface area contributed by atoms with E-state index >= 15 is 0 Å². The first-order valence-corrected chi connectivity index (χ1v) is 7.89. The maximum Gasteiger partial charge on any atom is 0.372 e. The first-order valence-electron chi connectivity index (χ1n) is 7.01. The van der Waals surface area contributed by atoms with E-state index in [1.165, 1.54) is 15.7 Å². The van der Waals surface area contributed by atoms with E-state index in [0.717, 1.165) is 5.56 Å². The van der Waals surface area contributed by atoms with E-state index in [4.69, 9.17) is 0 Å². The maximum atomic E-state index is 11.3. The van der Waals surface area contributed by atoms with Gasteiger partial charge in [-0.2, -0.15) is 14.5 Å². The van der Waals surface area contributed by atoms with Crippen molar-refractivity contribution >= 4 is 27.9 Å². The van der Waals surface area contributed by atoms with E-state index in [2.05, 4.69) is 20.4 Å². The molecule has 0 unspecified atom stereocenters. The number of pyridine rings is 1. The Morgan fingerprint density at radius 1 is 1.33 bits per heavy atom. The van der Waals surface area contributed by atoms with E-state index < -0.39 is 4.92 Å². The molecule has 4 heterocycles. The molecule has 0 amide bonds. The SMILES string of the molecule is O=[N+]([O-])c1c(NCc2ccc(-n3cccn3)nc2)nc2sccn12. The van der Waals surface area contributed by atoms with Crippen LogP contribution < -0.4 is 5.32 Å². The van der Waals surface area contributed by atoms with Crippen molar-refractivity contribution in [3.8, 4) is 5.82 Å². The number of fused-ring (bicyclic) bond motifs is 1. The molecule has 9 nitrogen and oxygen atoms in total. The van der Waals surface area contributed by atoms with Gasteiger partial charge in [0.2, 0.25) is 5.82 Å². The molecule has 0 aliphatic rings. The number of nitrogens with one attached hydrogen (secondary N) is 1. The van der Waals surface area contributed by atoms with Crippen molar-refractivity contribution in [2.75, 3.05) is 5.32 Å². The summed E-state index contributed by atoms with van der Waals surface area (Å²) in [6.45, 7) is 0.387. The van der Waals surface area contributed by atoms with E-state index in [1.807, 2.05) is 18.2 Å². The van der Waals surface area contributed by atoms with Crippen LogP contribution in [-0.4, -0.2) is 29.1 Å². The molecule has 4 aromatic heterocycles. The van der Waals surface area contributed by atoms with Crippen LogP contribution in [0.2, 0.25) is 0 Å². The first kappa shape index (κ1) is 14.3. The number of imidazole rings is 1. The molecule has 0 fully saturated rings. The van der Waals surface area contributed by atoms with Gasteiger partial charge in [-0.1, -0.05) is 17.4 Å². The summed E-state index contributed by atoms with van der Waals surface area (Å²) < 4.78 is 3.12. The van der Waals surface area contributed by atoms with Crippen molar-refractivity contribution in [2.24, 2.45) is 0 Å². The summed E-state index contributed by atoms with van der Waals surface area (Å²) in [7, 11) is 0. The van der Waals surface area contributed by atoms with Gasteiger partial charge in [0.15, 0.2) is 5.82 Å². The second-order valence-electron chi connectivity index (χ2n) is 4.93. The van der Waals surface area contributed by atoms with Gasteiger partial charge in [-0.3, -0.25) is 0 Å². The lowest BCUT2D eigenvalue weighted by molar-refractivity contribution is -0.389. The average molecular weight is 341 g/mol. The minimum atomic E-state index is -0.436. The Morgan fingerprint density at radius 3 is 2.96 bits per heavy atom. The molecule has 1 N–H and O–H groups in total. The van der Waals surface area contributed by atoms with Crippen LogP contribution in [0.5, 0.6) is 0 Å². The summed E-state index contributed by atoms with van der Waals surface area (Å²) in [5.74, 6) is 0.896. The van der Waals surface area contributed by atoms with E-state index in [-0.39, 0.29) is 11.6 Å². The Hall–Kier alpha value is -3.27. The van der Waals surface area contributed by atoms with Crippen LogP contribution in [0.1, 0.15) is 5.56 Å². The van der Waals surface area contributed by atoms with Gasteiger partial charge in [-0.05, 0) is 22.6 Å². The third-order valence-corrected chi connectivity index (χ3v) is 4.17. The summed E-state index contributed by atoms with van der Waals surface area (Å²) in [5, 5.41) is 20.2. The normalized spacial score (nSPS) is 11.0. The summed E-state index contributed by atoms with van der Waals surface area (Å²) in [6.07, 6.45) is 6.83. The smallest absolute Gasteiger partial charge is 0.359 e. The molecule has 0 aliphatic heterocycles. The Labute approximate surface area is 139 Å². The molecular weight excluding hydrogens is 330 g/mol. The van der Waals surface area contributed by atoms with Crippen molar-refractivity contribution in [2.45, 2.75) is 6.54 Å². The highest BCUT2D eigenvalue weighted by Crippen LogP contribution is 2.28. The number of nitro groups is 1. The number of aromatic nitrogens is 5. The highest BCUT2D eigenvalue weighted by molar-refractivity contribution is 7.15. The van der Waals surface area contributed by atoms with Gasteiger partial charge >= 0.3 is 5.82 Å². The number of hydrogen-bond donors (Lipinski definition) is 1. The van der Waals surface area contributed by atoms with Crippen molar-refractivity contribution in [1.82, 2.24) is 24.1 Å². The third-order valence-electron chi connectivity index (χ3n) is 3.42. The zero-order valence-electron chi connectivity index (χ0n) is 12.2. The lowest BCUT2D eigenvalue weighted by atomic mass is 10.3. The van der Waals surface area contributed by atoms with Crippen LogP contribution in [-0.2, 0) is 6.54 Å². The van der Waals surface area contributed by atoms with Crippen molar-refractivity contribution in [3.63, 3.8) is 0 Å². The molecule has 0 aliphatic carbocycles. The minimum Gasteiger partial charge on any atom is -0.359 e. The molecule has 0 atom stereocenters. The van der Waals surface area contributed by atoms with E-state index in [0.29, 0.717) is 17.3 Å². The van der Waals surface area contributed by atoms with Crippen molar-refractivity contribution in [3.05, 3.63) is 64.0 Å². The molecular formula is C14H11N7O2S. The number of anilines is 1.